The number of thiazole rings is 1. The van der Waals surface area contributed by atoms with Crippen LogP contribution in [0.25, 0.3) is 10.2 Å². The molecule has 9 heteroatoms. The van der Waals surface area contributed by atoms with E-state index in [1.807, 2.05) is 48.5 Å². The number of aliphatic carboxylic acids is 1. The summed E-state index contributed by atoms with van der Waals surface area (Å²) in [5.74, 6) is 0.257. The van der Waals surface area contributed by atoms with Crippen molar-refractivity contribution in [1.82, 2.24) is 4.57 Å². The zero-order valence-electron chi connectivity index (χ0n) is 21.3. The fourth-order valence-electron chi connectivity index (χ4n) is 4.00. The highest BCUT2D eigenvalue weighted by molar-refractivity contribution is 7.16. The van der Waals surface area contributed by atoms with Crippen molar-refractivity contribution >= 4 is 33.2 Å². The zero-order valence-corrected chi connectivity index (χ0v) is 22.1. The molecule has 0 atom stereocenters. The van der Waals surface area contributed by atoms with Crippen molar-refractivity contribution < 1.29 is 24.6 Å². The summed E-state index contributed by atoms with van der Waals surface area (Å²) in [5.41, 5.74) is 1.87. The maximum Gasteiger partial charge on any atom is 0.308 e. The van der Waals surface area contributed by atoms with E-state index in [9.17, 15) is 19.9 Å². The lowest BCUT2D eigenvalue weighted by Crippen LogP contribution is -2.38. The largest absolute Gasteiger partial charge is 0.550 e. The van der Waals surface area contributed by atoms with Gasteiger partial charge in [0.2, 0.25) is 0 Å². The molecule has 0 fully saturated rings. The molecule has 3 aromatic carbocycles. The highest BCUT2D eigenvalue weighted by Crippen LogP contribution is 2.24. The summed E-state index contributed by atoms with van der Waals surface area (Å²) >= 11 is 1.14. The number of carboxylic acid groups (broad SMARTS) is 1. The van der Waals surface area contributed by atoms with Crippen LogP contribution in [-0.4, -0.2) is 34.7 Å². The average molecular weight is 534 g/mol. The highest BCUT2D eigenvalue weighted by atomic mass is 32.1. The zero-order chi connectivity index (χ0) is 27.1. The third-order valence-corrected chi connectivity index (χ3v) is 7.21. The van der Waals surface area contributed by atoms with E-state index in [1.165, 1.54) is 0 Å². The molecule has 0 saturated carbocycles. The monoisotopic (exact) mass is 533 g/mol. The number of carbonyl (C=O) groups is 1. The topological polar surface area (TPSA) is 113 Å². The summed E-state index contributed by atoms with van der Waals surface area (Å²) in [5, 5.41) is 24.1. The van der Waals surface area contributed by atoms with Gasteiger partial charge in [-0.3, -0.25) is 9.36 Å². The number of nitrogens with zero attached hydrogens (tertiary/aromatic N) is 2. The van der Waals surface area contributed by atoms with Gasteiger partial charge in [0.1, 0.15) is 23.8 Å². The molecule has 0 amide bonds. The molecule has 1 aromatic heterocycles. The molecule has 4 aromatic rings. The van der Waals surface area contributed by atoms with Crippen LogP contribution in [-0.2, 0) is 11.3 Å². The third kappa shape index (κ3) is 6.41. The molecule has 0 bridgehead atoms. The van der Waals surface area contributed by atoms with Crippen molar-refractivity contribution in [3.8, 4) is 11.5 Å². The second-order valence-electron chi connectivity index (χ2n) is 9.46. The molecule has 1 heterocycles. The first-order valence-corrected chi connectivity index (χ1v) is 13.1. The summed E-state index contributed by atoms with van der Waals surface area (Å²) < 4.78 is 14.0. The van der Waals surface area contributed by atoms with Crippen LogP contribution < -0.4 is 19.5 Å². The number of carbonyl (C=O) groups excluding carboxylic acids is 1. The van der Waals surface area contributed by atoms with E-state index >= 15 is 0 Å². The summed E-state index contributed by atoms with van der Waals surface area (Å²) in [6.07, 6.45) is 1.07. The molecule has 0 aliphatic heterocycles. The Labute approximate surface area is 224 Å². The van der Waals surface area contributed by atoms with Crippen LogP contribution in [0.2, 0.25) is 0 Å². The SMILES string of the molecule is CC(C)(CCCOc1ccc(OCCn2c(=O)sc3cc(/C(=N/O)c4ccccc4)ccc32)cc1)C(=O)[O-]. The van der Waals surface area contributed by atoms with Gasteiger partial charge in [0.15, 0.2) is 0 Å². The molecule has 0 unspecified atom stereocenters. The van der Waals surface area contributed by atoms with Crippen molar-refractivity contribution in [2.45, 2.75) is 33.2 Å². The fourth-order valence-corrected chi connectivity index (χ4v) is 4.95. The molecule has 0 aliphatic rings. The van der Waals surface area contributed by atoms with Crippen LogP contribution in [0.15, 0.2) is 82.7 Å². The molecular formula is C29H29N2O6S-. The minimum atomic E-state index is -1.06. The molecule has 38 heavy (non-hydrogen) atoms. The lowest BCUT2D eigenvalue weighted by Gasteiger charge is -2.25. The van der Waals surface area contributed by atoms with Crippen LogP contribution in [0.5, 0.6) is 11.5 Å². The van der Waals surface area contributed by atoms with Gasteiger partial charge >= 0.3 is 4.87 Å². The van der Waals surface area contributed by atoms with Crippen molar-refractivity contribution in [3.05, 3.63) is 93.6 Å². The molecule has 0 spiro atoms. The van der Waals surface area contributed by atoms with E-state index in [2.05, 4.69) is 5.16 Å². The van der Waals surface area contributed by atoms with E-state index in [0.717, 1.165) is 32.7 Å². The molecule has 198 valence electrons. The quantitative estimate of drug-likeness (QED) is 0.126. The predicted octanol–water partition coefficient (Wildman–Crippen LogP) is 4.30. The van der Waals surface area contributed by atoms with E-state index < -0.39 is 11.4 Å². The number of benzene rings is 3. The van der Waals surface area contributed by atoms with Gasteiger partial charge in [0.05, 0.1) is 23.4 Å². The van der Waals surface area contributed by atoms with Gasteiger partial charge in [-0.25, -0.2) is 0 Å². The summed E-state index contributed by atoms with van der Waals surface area (Å²) in [7, 11) is 0. The molecule has 0 aliphatic carbocycles. The second-order valence-corrected chi connectivity index (χ2v) is 10.5. The Kier molecular flexibility index (Phi) is 8.48. The Morgan fingerprint density at radius 2 is 1.63 bits per heavy atom. The van der Waals surface area contributed by atoms with Crippen LogP contribution in [0.3, 0.4) is 0 Å². The van der Waals surface area contributed by atoms with Crippen LogP contribution in [0.4, 0.5) is 0 Å². The van der Waals surface area contributed by atoms with Crippen molar-refractivity contribution in [2.24, 2.45) is 10.6 Å². The number of rotatable bonds is 12. The van der Waals surface area contributed by atoms with Crippen LogP contribution in [0, 0.1) is 5.41 Å². The average Bonchev–Trinajstić information content (AvgIpc) is 3.22. The first-order valence-electron chi connectivity index (χ1n) is 12.3. The van der Waals surface area contributed by atoms with Crippen molar-refractivity contribution in [2.75, 3.05) is 13.2 Å². The van der Waals surface area contributed by atoms with Crippen LogP contribution >= 0.6 is 11.3 Å². The Hall–Kier alpha value is -4.11. The Morgan fingerprint density at radius 3 is 2.26 bits per heavy atom. The van der Waals surface area contributed by atoms with Crippen LogP contribution in [0.1, 0.15) is 37.8 Å². The molecule has 1 N–H and O–H groups in total. The number of ether oxygens (including phenoxy) is 2. The number of fused-ring (bicyclic) bond motifs is 1. The van der Waals surface area contributed by atoms with Gasteiger partial charge in [-0.1, -0.05) is 66.7 Å². The van der Waals surface area contributed by atoms with Gasteiger partial charge in [0.25, 0.3) is 0 Å². The van der Waals surface area contributed by atoms with Gasteiger partial charge < -0.3 is 24.6 Å². The number of carboxylic acids is 1. The molecule has 0 saturated heterocycles. The van der Waals surface area contributed by atoms with E-state index in [1.54, 1.807) is 42.7 Å². The minimum Gasteiger partial charge on any atom is -0.550 e. The van der Waals surface area contributed by atoms with E-state index in [0.29, 0.717) is 49.8 Å². The van der Waals surface area contributed by atoms with Gasteiger partial charge in [-0.15, -0.1) is 0 Å². The Balaban J connectivity index is 1.33. The predicted molar refractivity (Wildman–Crippen MR) is 145 cm³/mol. The highest BCUT2D eigenvalue weighted by Gasteiger charge is 2.18. The summed E-state index contributed by atoms with van der Waals surface area (Å²) in [4.78, 5) is 23.6. The second kappa shape index (κ2) is 12.0. The fraction of sp³-hybridized carbons (Fsp3) is 0.276. The van der Waals surface area contributed by atoms with E-state index in [4.69, 9.17) is 9.47 Å². The van der Waals surface area contributed by atoms with E-state index in [-0.39, 0.29) is 4.87 Å². The lowest BCUT2D eigenvalue weighted by molar-refractivity contribution is -0.317. The van der Waals surface area contributed by atoms with Crippen molar-refractivity contribution in [3.63, 3.8) is 0 Å². The Bertz CT molecular complexity index is 1470. The minimum absolute atomic E-state index is 0.0893. The summed E-state index contributed by atoms with van der Waals surface area (Å²) in [6, 6.07) is 22.1. The first kappa shape index (κ1) is 26.9. The number of aromatic nitrogens is 1. The molecule has 4 rings (SSSR count). The molecule has 8 nitrogen and oxygen atoms in total. The smallest absolute Gasteiger partial charge is 0.308 e. The molecule has 0 radical (unpaired) electrons. The Morgan fingerprint density at radius 1 is 0.974 bits per heavy atom. The van der Waals surface area contributed by atoms with Gasteiger partial charge in [-0.05, 0) is 49.2 Å². The normalized spacial score (nSPS) is 12.0. The maximum atomic E-state index is 12.7. The summed E-state index contributed by atoms with van der Waals surface area (Å²) in [6.45, 7) is 4.38. The number of hydrogen-bond acceptors (Lipinski definition) is 8. The first-order chi connectivity index (χ1) is 18.3. The van der Waals surface area contributed by atoms with Gasteiger partial charge in [0, 0.05) is 22.5 Å². The van der Waals surface area contributed by atoms with Gasteiger partial charge in [-0.2, -0.15) is 0 Å². The third-order valence-electron chi connectivity index (χ3n) is 6.26. The standard InChI is InChI=1S/C29H30N2O6S/c1-29(2,27(32)33)15-6-17-36-22-10-12-23(13-11-22)37-18-16-31-24-14-9-21(19-25(24)38-28(31)34)26(30-35)20-7-4-3-5-8-20/h3-5,7-14,19,35H,6,15-18H2,1-2H3,(H,32,33)/p-1/b30-26+. The molecular weight excluding hydrogens is 504 g/mol. The lowest BCUT2D eigenvalue weighted by atomic mass is 9.88. The maximum absolute atomic E-state index is 12.7. The number of oxime groups is 1. The number of hydrogen-bond donors (Lipinski definition) is 1. The van der Waals surface area contributed by atoms with Crippen molar-refractivity contribution in [1.29, 1.82) is 0 Å².